The van der Waals surface area contributed by atoms with Crippen molar-refractivity contribution >= 4 is 26.8 Å². The van der Waals surface area contributed by atoms with Crippen molar-refractivity contribution in [3.05, 3.63) is 58.5 Å². The molecule has 3 rings (SSSR count). The zero-order chi connectivity index (χ0) is 14.8. The summed E-state index contributed by atoms with van der Waals surface area (Å²) in [7, 11) is 0. The maximum absolute atomic E-state index is 5.85. The SMILES string of the molecule is CCn1ncc(Br)c1C(NN)c1cccc2ncccc12. The lowest BCUT2D eigenvalue weighted by Crippen LogP contribution is -2.31. The monoisotopic (exact) mass is 345 g/mol. The van der Waals surface area contributed by atoms with Crippen molar-refractivity contribution in [1.82, 2.24) is 20.2 Å². The quantitative estimate of drug-likeness (QED) is 0.563. The van der Waals surface area contributed by atoms with Crippen LogP contribution in [0.1, 0.15) is 24.2 Å². The van der Waals surface area contributed by atoms with Crippen molar-refractivity contribution in [3.8, 4) is 0 Å². The maximum atomic E-state index is 5.85. The highest BCUT2D eigenvalue weighted by atomic mass is 79.9. The molecule has 0 saturated heterocycles. The Balaban J connectivity index is 2.21. The number of halogens is 1. The van der Waals surface area contributed by atoms with E-state index in [0.29, 0.717) is 0 Å². The molecule has 0 fully saturated rings. The number of aryl methyl sites for hydroxylation is 1. The molecule has 1 aromatic carbocycles. The van der Waals surface area contributed by atoms with Gasteiger partial charge >= 0.3 is 0 Å². The molecule has 5 nitrogen and oxygen atoms in total. The molecule has 108 valence electrons. The molecule has 6 heteroatoms. The fraction of sp³-hybridized carbons (Fsp3) is 0.200. The third kappa shape index (κ3) is 2.46. The van der Waals surface area contributed by atoms with Gasteiger partial charge in [0.1, 0.15) is 0 Å². The number of pyridine rings is 1. The van der Waals surface area contributed by atoms with Gasteiger partial charge in [0, 0.05) is 18.1 Å². The average molecular weight is 346 g/mol. The highest BCUT2D eigenvalue weighted by Gasteiger charge is 2.22. The highest BCUT2D eigenvalue weighted by molar-refractivity contribution is 9.10. The van der Waals surface area contributed by atoms with Crippen molar-refractivity contribution in [2.75, 3.05) is 0 Å². The largest absolute Gasteiger partial charge is 0.271 e. The number of hydrazine groups is 1. The number of fused-ring (bicyclic) bond motifs is 1. The van der Waals surface area contributed by atoms with E-state index in [1.54, 1.807) is 12.4 Å². The highest BCUT2D eigenvalue weighted by Crippen LogP contribution is 2.31. The molecule has 1 atom stereocenters. The normalized spacial score (nSPS) is 12.7. The van der Waals surface area contributed by atoms with E-state index in [-0.39, 0.29) is 6.04 Å². The van der Waals surface area contributed by atoms with Crippen LogP contribution in [0, 0.1) is 0 Å². The maximum Gasteiger partial charge on any atom is 0.0896 e. The zero-order valence-electron chi connectivity index (χ0n) is 11.6. The van der Waals surface area contributed by atoms with Crippen LogP contribution in [-0.4, -0.2) is 14.8 Å². The lowest BCUT2D eigenvalue weighted by atomic mass is 9.99. The van der Waals surface area contributed by atoms with Gasteiger partial charge in [-0.15, -0.1) is 0 Å². The second-order valence-corrected chi connectivity index (χ2v) is 5.56. The molecule has 0 aliphatic carbocycles. The van der Waals surface area contributed by atoms with E-state index in [4.69, 9.17) is 5.84 Å². The summed E-state index contributed by atoms with van der Waals surface area (Å²) < 4.78 is 2.87. The number of rotatable bonds is 4. The first-order valence-electron chi connectivity index (χ1n) is 6.77. The summed E-state index contributed by atoms with van der Waals surface area (Å²) >= 11 is 3.57. The standard InChI is InChI=1S/C15H16BrN5/c1-2-21-15(12(16)9-19-21)14(20-17)11-5-3-7-13-10(11)6-4-8-18-13/h3-9,14,20H,2,17H2,1H3. The molecule has 21 heavy (non-hydrogen) atoms. The second-order valence-electron chi connectivity index (χ2n) is 4.71. The van der Waals surface area contributed by atoms with Crippen molar-refractivity contribution in [2.45, 2.75) is 19.5 Å². The first kappa shape index (κ1) is 14.2. The Morgan fingerprint density at radius 1 is 1.33 bits per heavy atom. The fourth-order valence-corrected chi connectivity index (χ4v) is 3.13. The topological polar surface area (TPSA) is 68.8 Å². The Bertz CT molecular complexity index is 762. The van der Waals surface area contributed by atoms with E-state index in [1.165, 1.54) is 0 Å². The summed E-state index contributed by atoms with van der Waals surface area (Å²) in [5.74, 6) is 5.85. The van der Waals surface area contributed by atoms with Gasteiger partial charge in [0.2, 0.25) is 0 Å². The van der Waals surface area contributed by atoms with Gasteiger partial charge in [-0.05, 0) is 40.5 Å². The lowest BCUT2D eigenvalue weighted by Gasteiger charge is -2.20. The molecule has 0 aliphatic heterocycles. The smallest absolute Gasteiger partial charge is 0.0896 e. The van der Waals surface area contributed by atoms with Crippen LogP contribution in [0.15, 0.2) is 47.2 Å². The van der Waals surface area contributed by atoms with Crippen molar-refractivity contribution in [3.63, 3.8) is 0 Å². The van der Waals surface area contributed by atoms with E-state index in [0.717, 1.165) is 33.2 Å². The van der Waals surface area contributed by atoms with Crippen LogP contribution in [0.25, 0.3) is 10.9 Å². The number of aromatic nitrogens is 3. The summed E-state index contributed by atoms with van der Waals surface area (Å²) in [5.41, 5.74) is 5.96. The van der Waals surface area contributed by atoms with Gasteiger partial charge in [-0.2, -0.15) is 5.10 Å². The Hall–Kier alpha value is -1.76. The minimum atomic E-state index is -0.158. The van der Waals surface area contributed by atoms with Gasteiger partial charge in [0.25, 0.3) is 0 Å². The minimum Gasteiger partial charge on any atom is -0.271 e. The first-order chi connectivity index (χ1) is 10.3. The minimum absolute atomic E-state index is 0.158. The Morgan fingerprint density at radius 3 is 2.95 bits per heavy atom. The number of hydrogen-bond acceptors (Lipinski definition) is 4. The summed E-state index contributed by atoms with van der Waals surface area (Å²) in [4.78, 5) is 4.40. The number of nitrogens with zero attached hydrogens (tertiary/aromatic N) is 3. The first-order valence-corrected chi connectivity index (χ1v) is 7.56. The van der Waals surface area contributed by atoms with Crippen LogP contribution >= 0.6 is 15.9 Å². The Kier molecular flexibility index (Phi) is 4.01. The molecule has 0 radical (unpaired) electrons. The van der Waals surface area contributed by atoms with E-state index in [2.05, 4.69) is 50.5 Å². The molecular weight excluding hydrogens is 330 g/mol. The molecule has 2 heterocycles. The van der Waals surface area contributed by atoms with Crippen molar-refractivity contribution in [1.29, 1.82) is 0 Å². The van der Waals surface area contributed by atoms with Crippen LogP contribution in [0.3, 0.4) is 0 Å². The van der Waals surface area contributed by atoms with E-state index in [1.807, 2.05) is 22.9 Å². The fourth-order valence-electron chi connectivity index (χ4n) is 2.61. The van der Waals surface area contributed by atoms with Gasteiger partial charge in [0.15, 0.2) is 0 Å². The third-order valence-corrected chi connectivity index (χ3v) is 4.17. The molecule has 0 aliphatic rings. The van der Waals surface area contributed by atoms with E-state index < -0.39 is 0 Å². The van der Waals surface area contributed by atoms with Gasteiger partial charge in [-0.1, -0.05) is 18.2 Å². The van der Waals surface area contributed by atoms with Crippen LogP contribution < -0.4 is 11.3 Å². The number of nitrogens with two attached hydrogens (primary N) is 1. The van der Waals surface area contributed by atoms with Crippen molar-refractivity contribution in [2.24, 2.45) is 5.84 Å². The van der Waals surface area contributed by atoms with Gasteiger partial charge in [0.05, 0.1) is 27.9 Å². The molecular formula is C15H16BrN5. The number of benzene rings is 1. The molecule has 0 saturated carbocycles. The van der Waals surface area contributed by atoms with Crippen LogP contribution in [-0.2, 0) is 6.54 Å². The molecule has 0 amide bonds. The summed E-state index contributed by atoms with van der Waals surface area (Å²) in [6.07, 6.45) is 3.59. The molecule has 1 unspecified atom stereocenters. The number of nitrogens with one attached hydrogen (secondary N) is 1. The molecule has 2 aromatic heterocycles. The zero-order valence-corrected chi connectivity index (χ0v) is 13.2. The molecule has 3 N–H and O–H groups in total. The third-order valence-electron chi connectivity index (χ3n) is 3.56. The lowest BCUT2D eigenvalue weighted by molar-refractivity contribution is 0.544. The predicted molar refractivity (Wildman–Crippen MR) is 86.5 cm³/mol. The molecule has 0 bridgehead atoms. The van der Waals surface area contributed by atoms with Gasteiger partial charge in [-0.25, -0.2) is 5.43 Å². The summed E-state index contributed by atoms with van der Waals surface area (Å²) in [5, 5.41) is 5.45. The Morgan fingerprint density at radius 2 is 2.19 bits per heavy atom. The average Bonchev–Trinajstić information content (AvgIpc) is 2.90. The van der Waals surface area contributed by atoms with E-state index >= 15 is 0 Å². The Labute approximate surface area is 131 Å². The molecule has 0 spiro atoms. The molecule has 3 aromatic rings. The predicted octanol–water partition coefficient (Wildman–Crippen LogP) is 2.77. The summed E-state index contributed by atoms with van der Waals surface area (Å²) in [6, 6.07) is 9.89. The van der Waals surface area contributed by atoms with Gasteiger partial charge in [-0.3, -0.25) is 15.5 Å². The summed E-state index contributed by atoms with van der Waals surface area (Å²) in [6.45, 7) is 2.84. The van der Waals surface area contributed by atoms with E-state index in [9.17, 15) is 0 Å². The number of hydrogen-bond donors (Lipinski definition) is 2. The van der Waals surface area contributed by atoms with Crippen LogP contribution in [0.2, 0.25) is 0 Å². The van der Waals surface area contributed by atoms with Crippen LogP contribution in [0.5, 0.6) is 0 Å². The second kappa shape index (κ2) is 5.93. The van der Waals surface area contributed by atoms with Crippen molar-refractivity contribution < 1.29 is 0 Å². The van der Waals surface area contributed by atoms with Crippen LogP contribution in [0.4, 0.5) is 0 Å². The van der Waals surface area contributed by atoms with Gasteiger partial charge < -0.3 is 0 Å².